The van der Waals surface area contributed by atoms with Crippen molar-refractivity contribution in [3.63, 3.8) is 0 Å². The Morgan fingerprint density at radius 1 is 1.00 bits per heavy atom. The highest BCUT2D eigenvalue weighted by molar-refractivity contribution is 5.34. The zero-order chi connectivity index (χ0) is 14.5. The van der Waals surface area contributed by atoms with E-state index < -0.39 is 6.10 Å². The van der Waals surface area contributed by atoms with Gasteiger partial charge in [0, 0.05) is 0 Å². The maximum Gasteiger partial charge on any atom is 0.128 e. The zero-order valence-electron chi connectivity index (χ0n) is 12.3. The SMILES string of the molecule is CCC(Oc1ccc(C)c(C)c1)C(O)c1ccccc1. The van der Waals surface area contributed by atoms with Gasteiger partial charge >= 0.3 is 0 Å². The van der Waals surface area contributed by atoms with E-state index in [0.29, 0.717) is 0 Å². The summed E-state index contributed by atoms with van der Waals surface area (Å²) in [5.74, 6) is 0.815. The lowest BCUT2D eigenvalue weighted by molar-refractivity contribution is 0.0331. The summed E-state index contributed by atoms with van der Waals surface area (Å²) in [4.78, 5) is 0. The van der Waals surface area contributed by atoms with Crippen LogP contribution in [0.3, 0.4) is 0 Å². The van der Waals surface area contributed by atoms with Gasteiger partial charge in [-0.05, 0) is 49.1 Å². The van der Waals surface area contributed by atoms with Crippen LogP contribution in [0.4, 0.5) is 0 Å². The van der Waals surface area contributed by atoms with Crippen molar-refractivity contribution in [3.8, 4) is 5.75 Å². The molecule has 0 aromatic heterocycles. The molecule has 20 heavy (non-hydrogen) atoms. The summed E-state index contributed by atoms with van der Waals surface area (Å²) in [6, 6.07) is 15.7. The molecular formula is C18H22O2. The van der Waals surface area contributed by atoms with Crippen molar-refractivity contribution in [2.75, 3.05) is 0 Å². The van der Waals surface area contributed by atoms with E-state index in [-0.39, 0.29) is 6.10 Å². The number of ether oxygens (including phenoxy) is 1. The smallest absolute Gasteiger partial charge is 0.128 e. The van der Waals surface area contributed by atoms with Gasteiger partial charge in [-0.3, -0.25) is 0 Å². The number of hydrogen-bond donors (Lipinski definition) is 1. The number of aliphatic hydroxyl groups is 1. The Bertz CT molecular complexity index is 549. The van der Waals surface area contributed by atoms with Gasteiger partial charge in [0.25, 0.3) is 0 Å². The average Bonchev–Trinajstić information content (AvgIpc) is 2.48. The molecular weight excluding hydrogens is 248 g/mol. The molecule has 2 aromatic rings. The van der Waals surface area contributed by atoms with Crippen LogP contribution in [0.15, 0.2) is 48.5 Å². The highest BCUT2D eigenvalue weighted by Gasteiger charge is 2.20. The van der Waals surface area contributed by atoms with Crippen LogP contribution in [0.2, 0.25) is 0 Å². The van der Waals surface area contributed by atoms with Crippen molar-refractivity contribution < 1.29 is 9.84 Å². The van der Waals surface area contributed by atoms with Gasteiger partial charge in [-0.1, -0.05) is 43.3 Å². The fraction of sp³-hybridized carbons (Fsp3) is 0.333. The molecule has 0 radical (unpaired) electrons. The predicted octanol–water partition coefficient (Wildman–Crippen LogP) is 4.19. The molecule has 0 saturated heterocycles. The van der Waals surface area contributed by atoms with Gasteiger partial charge in [-0.25, -0.2) is 0 Å². The van der Waals surface area contributed by atoms with E-state index in [1.165, 1.54) is 11.1 Å². The van der Waals surface area contributed by atoms with Gasteiger partial charge in [0.1, 0.15) is 18.0 Å². The number of aryl methyl sites for hydroxylation is 2. The largest absolute Gasteiger partial charge is 0.487 e. The highest BCUT2D eigenvalue weighted by Crippen LogP contribution is 2.25. The van der Waals surface area contributed by atoms with E-state index in [4.69, 9.17) is 4.74 Å². The van der Waals surface area contributed by atoms with Crippen LogP contribution < -0.4 is 4.74 Å². The lowest BCUT2D eigenvalue weighted by atomic mass is 10.0. The van der Waals surface area contributed by atoms with Crippen LogP contribution in [0.25, 0.3) is 0 Å². The Morgan fingerprint density at radius 3 is 2.30 bits per heavy atom. The lowest BCUT2D eigenvalue weighted by Crippen LogP contribution is -2.24. The number of hydrogen-bond acceptors (Lipinski definition) is 2. The Kier molecular flexibility index (Phi) is 4.80. The van der Waals surface area contributed by atoms with Gasteiger partial charge in [0.15, 0.2) is 0 Å². The molecule has 2 unspecified atom stereocenters. The first-order valence-electron chi connectivity index (χ1n) is 7.08. The Labute approximate surface area is 121 Å². The summed E-state index contributed by atoms with van der Waals surface area (Å²) >= 11 is 0. The first-order valence-corrected chi connectivity index (χ1v) is 7.08. The minimum Gasteiger partial charge on any atom is -0.487 e. The van der Waals surface area contributed by atoms with Crippen molar-refractivity contribution in [1.29, 1.82) is 0 Å². The van der Waals surface area contributed by atoms with Gasteiger partial charge in [-0.15, -0.1) is 0 Å². The molecule has 2 rings (SSSR count). The minimum atomic E-state index is -0.609. The molecule has 2 aromatic carbocycles. The van der Waals surface area contributed by atoms with E-state index in [1.807, 2.05) is 55.5 Å². The first-order chi connectivity index (χ1) is 9.61. The van der Waals surface area contributed by atoms with E-state index in [0.717, 1.165) is 17.7 Å². The molecule has 0 aliphatic carbocycles. The average molecular weight is 270 g/mol. The van der Waals surface area contributed by atoms with E-state index >= 15 is 0 Å². The van der Waals surface area contributed by atoms with Gasteiger partial charge < -0.3 is 9.84 Å². The molecule has 2 heteroatoms. The van der Waals surface area contributed by atoms with Crippen LogP contribution >= 0.6 is 0 Å². The summed E-state index contributed by atoms with van der Waals surface area (Å²) in [5, 5.41) is 10.4. The molecule has 106 valence electrons. The molecule has 0 amide bonds. The van der Waals surface area contributed by atoms with Crippen LogP contribution in [0.1, 0.15) is 36.1 Å². The van der Waals surface area contributed by atoms with E-state index in [2.05, 4.69) is 13.8 Å². The molecule has 2 nitrogen and oxygen atoms in total. The Hall–Kier alpha value is -1.80. The number of benzene rings is 2. The molecule has 0 spiro atoms. The second-order valence-electron chi connectivity index (χ2n) is 5.17. The van der Waals surface area contributed by atoms with Gasteiger partial charge in [-0.2, -0.15) is 0 Å². The van der Waals surface area contributed by atoms with Crippen LogP contribution in [-0.4, -0.2) is 11.2 Å². The normalized spacial score (nSPS) is 13.8. The quantitative estimate of drug-likeness (QED) is 0.882. The van der Waals surface area contributed by atoms with Crippen molar-refractivity contribution in [3.05, 3.63) is 65.2 Å². The van der Waals surface area contributed by atoms with Gasteiger partial charge in [0.05, 0.1) is 0 Å². The molecule has 1 N–H and O–H groups in total. The summed E-state index contributed by atoms with van der Waals surface area (Å²) in [6.45, 7) is 6.17. The zero-order valence-corrected chi connectivity index (χ0v) is 12.3. The van der Waals surface area contributed by atoms with Crippen LogP contribution in [0, 0.1) is 13.8 Å². The van der Waals surface area contributed by atoms with E-state index in [9.17, 15) is 5.11 Å². The summed E-state index contributed by atoms with van der Waals surface area (Å²) in [7, 11) is 0. The van der Waals surface area contributed by atoms with Gasteiger partial charge in [0.2, 0.25) is 0 Å². The van der Waals surface area contributed by atoms with Crippen molar-refractivity contribution in [2.45, 2.75) is 39.4 Å². The monoisotopic (exact) mass is 270 g/mol. The number of aliphatic hydroxyl groups excluding tert-OH is 1. The summed E-state index contributed by atoms with van der Waals surface area (Å²) in [5.41, 5.74) is 3.34. The highest BCUT2D eigenvalue weighted by atomic mass is 16.5. The molecule has 0 aliphatic heterocycles. The third-order valence-electron chi connectivity index (χ3n) is 3.66. The lowest BCUT2D eigenvalue weighted by Gasteiger charge is -2.23. The molecule has 2 atom stereocenters. The molecule has 0 saturated carbocycles. The Balaban J connectivity index is 2.14. The summed E-state index contributed by atoms with van der Waals surface area (Å²) < 4.78 is 5.97. The molecule has 0 heterocycles. The van der Waals surface area contributed by atoms with Crippen molar-refractivity contribution in [2.24, 2.45) is 0 Å². The standard InChI is InChI=1S/C18H22O2/c1-4-17(18(19)15-8-6-5-7-9-15)20-16-11-10-13(2)14(3)12-16/h5-12,17-19H,4H2,1-3H3. The molecule has 0 aliphatic rings. The second-order valence-corrected chi connectivity index (χ2v) is 5.17. The fourth-order valence-corrected chi connectivity index (χ4v) is 2.20. The third-order valence-corrected chi connectivity index (χ3v) is 3.66. The molecule has 0 fully saturated rings. The summed E-state index contributed by atoms with van der Waals surface area (Å²) in [6.07, 6.45) is -0.0921. The Morgan fingerprint density at radius 2 is 1.70 bits per heavy atom. The van der Waals surface area contributed by atoms with Crippen LogP contribution in [0.5, 0.6) is 5.75 Å². The predicted molar refractivity (Wildman–Crippen MR) is 82.0 cm³/mol. The van der Waals surface area contributed by atoms with Crippen molar-refractivity contribution in [1.82, 2.24) is 0 Å². The second kappa shape index (κ2) is 6.58. The maximum absolute atomic E-state index is 10.4. The third kappa shape index (κ3) is 3.40. The first kappa shape index (κ1) is 14.6. The van der Waals surface area contributed by atoms with Crippen molar-refractivity contribution >= 4 is 0 Å². The molecule has 0 bridgehead atoms. The van der Waals surface area contributed by atoms with E-state index in [1.54, 1.807) is 0 Å². The minimum absolute atomic E-state index is 0.237. The van der Waals surface area contributed by atoms with Crippen LogP contribution in [-0.2, 0) is 0 Å². The fourth-order valence-electron chi connectivity index (χ4n) is 2.20. The maximum atomic E-state index is 10.4. The topological polar surface area (TPSA) is 29.5 Å². The number of rotatable bonds is 5.